The molecule has 5 rings (SSSR count). The van der Waals surface area contributed by atoms with Crippen LogP contribution in [0.1, 0.15) is 16.7 Å². The topological polar surface area (TPSA) is 55.5 Å². The second kappa shape index (κ2) is 9.64. The molecule has 0 amide bonds. The van der Waals surface area contributed by atoms with Crippen LogP contribution in [-0.2, 0) is 20.1 Å². The average Bonchev–Trinajstić information content (AvgIpc) is 3.23. The van der Waals surface area contributed by atoms with Crippen molar-refractivity contribution < 1.29 is 9.22 Å². The van der Waals surface area contributed by atoms with Crippen LogP contribution in [0.3, 0.4) is 0 Å². The van der Waals surface area contributed by atoms with Crippen molar-refractivity contribution in [2.45, 2.75) is 20.0 Å². The summed E-state index contributed by atoms with van der Waals surface area (Å²) in [5.41, 5.74) is 6.20. The summed E-state index contributed by atoms with van der Waals surface area (Å²) in [6.45, 7) is 7.26. The number of pyridine rings is 1. The Kier molecular flexibility index (Phi) is 6.40. The van der Waals surface area contributed by atoms with E-state index in [1.54, 1.807) is 18.7 Å². The zero-order valence-electron chi connectivity index (χ0n) is 20.4. The van der Waals surface area contributed by atoms with Gasteiger partial charge in [-0.25, -0.2) is 4.98 Å². The molecule has 2 aromatic heterocycles. The standard InChI is InChI=1S/C27H30FN5O2/c1-19-12-23(16-30(2)27(19)34)21-5-6-22(26(14-21)35-3)17-32-10-8-31(9-11-32)15-20-4-7-24-25(13-20)33(28)18-29-24/h4-7,12-14,16,18H,8-11,15,17H2,1-3H3. The first-order valence-corrected chi connectivity index (χ1v) is 11.8. The number of hydrogen-bond donors (Lipinski definition) is 0. The molecule has 3 heterocycles. The molecule has 0 spiro atoms. The average molecular weight is 476 g/mol. The Morgan fingerprint density at radius 2 is 1.71 bits per heavy atom. The lowest BCUT2D eigenvalue weighted by Crippen LogP contribution is -2.45. The number of hydrogen-bond acceptors (Lipinski definition) is 5. The molecule has 35 heavy (non-hydrogen) atoms. The van der Waals surface area contributed by atoms with Crippen molar-refractivity contribution in [3.63, 3.8) is 0 Å². The van der Waals surface area contributed by atoms with E-state index in [4.69, 9.17) is 4.74 Å². The van der Waals surface area contributed by atoms with Crippen molar-refractivity contribution in [2.75, 3.05) is 33.3 Å². The van der Waals surface area contributed by atoms with Crippen molar-refractivity contribution in [1.29, 1.82) is 0 Å². The van der Waals surface area contributed by atoms with E-state index in [1.165, 1.54) is 6.33 Å². The van der Waals surface area contributed by atoms with E-state index in [-0.39, 0.29) is 5.56 Å². The fourth-order valence-electron chi connectivity index (χ4n) is 4.82. The highest BCUT2D eigenvalue weighted by atomic mass is 19.2. The van der Waals surface area contributed by atoms with E-state index in [1.807, 2.05) is 37.4 Å². The maximum Gasteiger partial charge on any atom is 0.253 e. The molecule has 182 valence electrons. The Hall–Kier alpha value is -3.49. The maximum atomic E-state index is 13.8. The van der Waals surface area contributed by atoms with Crippen molar-refractivity contribution >= 4 is 11.0 Å². The SMILES string of the molecule is COc1cc(-c2cc(C)c(=O)n(C)c2)ccc1CN1CCN(Cc2ccc3ncn(F)c3c2)CC1. The largest absolute Gasteiger partial charge is 0.496 e. The van der Waals surface area contributed by atoms with Crippen LogP contribution >= 0.6 is 0 Å². The van der Waals surface area contributed by atoms with E-state index in [0.717, 1.165) is 72.8 Å². The van der Waals surface area contributed by atoms with Gasteiger partial charge in [0.15, 0.2) is 0 Å². The summed E-state index contributed by atoms with van der Waals surface area (Å²) in [6, 6.07) is 14.0. The zero-order chi connectivity index (χ0) is 24.5. The highest BCUT2D eigenvalue weighted by Gasteiger charge is 2.19. The van der Waals surface area contributed by atoms with Crippen LogP contribution in [0.25, 0.3) is 22.2 Å². The van der Waals surface area contributed by atoms with Crippen LogP contribution in [0.15, 0.2) is 59.8 Å². The number of aromatic nitrogens is 3. The van der Waals surface area contributed by atoms with Gasteiger partial charge in [-0.05, 0) is 47.9 Å². The molecule has 0 radical (unpaired) electrons. The van der Waals surface area contributed by atoms with E-state index >= 15 is 0 Å². The molecule has 0 unspecified atom stereocenters. The summed E-state index contributed by atoms with van der Waals surface area (Å²) < 4.78 is 21.2. The number of fused-ring (bicyclic) bond motifs is 1. The second-order valence-corrected chi connectivity index (χ2v) is 9.29. The van der Waals surface area contributed by atoms with Gasteiger partial charge in [0.2, 0.25) is 0 Å². The number of aryl methyl sites for hydroxylation is 2. The third-order valence-corrected chi connectivity index (χ3v) is 6.82. The van der Waals surface area contributed by atoms with Crippen LogP contribution < -0.4 is 10.3 Å². The summed E-state index contributed by atoms with van der Waals surface area (Å²) in [4.78, 5) is 21.5. The first-order valence-electron chi connectivity index (χ1n) is 11.8. The summed E-state index contributed by atoms with van der Waals surface area (Å²) in [6.07, 6.45) is 3.07. The molecular weight excluding hydrogens is 445 g/mol. The Morgan fingerprint density at radius 1 is 0.971 bits per heavy atom. The van der Waals surface area contributed by atoms with Gasteiger partial charge >= 0.3 is 0 Å². The summed E-state index contributed by atoms with van der Waals surface area (Å²) in [5.74, 6) is 0.854. The summed E-state index contributed by atoms with van der Waals surface area (Å²) in [7, 11) is 3.48. The quantitative estimate of drug-likeness (QED) is 0.425. The van der Waals surface area contributed by atoms with Crippen LogP contribution in [0.4, 0.5) is 4.48 Å². The van der Waals surface area contributed by atoms with E-state index in [9.17, 15) is 9.28 Å². The fraction of sp³-hybridized carbons (Fsp3) is 0.333. The van der Waals surface area contributed by atoms with Gasteiger partial charge in [-0.3, -0.25) is 14.6 Å². The number of piperazine rings is 1. The van der Waals surface area contributed by atoms with Crippen LogP contribution in [0, 0.1) is 6.92 Å². The minimum atomic E-state index is 0.0195. The third-order valence-electron chi connectivity index (χ3n) is 6.82. The van der Waals surface area contributed by atoms with Crippen molar-refractivity contribution in [3.8, 4) is 16.9 Å². The molecule has 1 fully saturated rings. The number of rotatable bonds is 6. The Bertz CT molecular complexity index is 1390. The van der Waals surface area contributed by atoms with Gasteiger partial charge in [0, 0.05) is 63.6 Å². The molecule has 1 saturated heterocycles. The van der Waals surface area contributed by atoms with Crippen molar-refractivity contribution in [3.05, 3.63) is 82.0 Å². The number of benzene rings is 2. The van der Waals surface area contributed by atoms with Gasteiger partial charge in [-0.15, -0.1) is 0 Å². The Balaban J connectivity index is 1.23. The van der Waals surface area contributed by atoms with E-state index in [2.05, 4.69) is 33.0 Å². The predicted molar refractivity (Wildman–Crippen MR) is 135 cm³/mol. The van der Waals surface area contributed by atoms with Gasteiger partial charge in [0.05, 0.1) is 12.6 Å². The number of halogens is 1. The minimum Gasteiger partial charge on any atom is -0.496 e. The van der Waals surface area contributed by atoms with Crippen LogP contribution in [0.2, 0.25) is 0 Å². The third kappa shape index (κ3) is 4.85. The highest BCUT2D eigenvalue weighted by molar-refractivity contribution is 5.75. The Labute approximate surface area is 203 Å². The highest BCUT2D eigenvalue weighted by Crippen LogP contribution is 2.28. The van der Waals surface area contributed by atoms with Crippen LogP contribution in [0.5, 0.6) is 5.75 Å². The lowest BCUT2D eigenvalue weighted by Gasteiger charge is -2.35. The number of imidazole rings is 1. The molecule has 1 aliphatic heterocycles. The van der Waals surface area contributed by atoms with E-state index in [0.29, 0.717) is 15.8 Å². The van der Waals surface area contributed by atoms with Gasteiger partial charge in [0.25, 0.3) is 5.56 Å². The van der Waals surface area contributed by atoms with Gasteiger partial charge in [-0.2, -0.15) is 4.79 Å². The molecule has 0 bridgehead atoms. The number of methoxy groups -OCH3 is 1. The first kappa shape index (κ1) is 23.3. The lowest BCUT2D eigenvalue weighted by atomic mass is 10.0. The van der Waals surface area contributed by atoms with Gasteiger partial charge in [-0.1, -0.05) is 22.7 Å². The predicted octanol–water partition coefficient (Wildman–Crippen LogP) is 3.77. The number of ether oxygens (including phenoxy) is 1. The molecule has 1 aliphatic rings. The normalized spacial score (nSPS) is 15.1. The van der Waals surface area contributed by atoms with Crippen LogP contribution in [-0.4, -0.2) is 57.4 Å². The molecule has 0 saturated carbocycles. The summed E-state index contributed by atoms with van der Waals surface area (Å²) in [5, 5.41) is 0. The first-order chi connectivity index (χ1) is 16.9. The molecule has 2 aromatic carbocycles. The fourth-order valence-corrected chi connectivity index (χ4v) is 4.82. The molecule has 7 nitrogen and oxygen atoms in total. The molecule has 0 aliphatic carbocycles. The monoisotopic (exact) mass is 475 g/mol. The van der Waals surface area contributed by atoms with Crippen molar-refractivity contribution in [1.82, 2.24) is 24.1 Å². The smallest absolute Gasteiger partial charge is 0.253 e. The van der Waals surface area contributed by atoms with Gasteiger partial charge in [0.1, 0.15) is 17.6 Å². The summed E-state index contributed by atoms with van der Waals surface area (Å²) >= 11 is 0. The molecule has 0 atom stereocenters. The number of nitrogens with zero attached hydrogens (tertiary/aromatic N) is 5. The molecule has 4 aromatic rings. The lowest BCUT2D eigenvalue weighted by molar-refractivity contribution is 0.121. The van der Waals surface area contributed by atoms with Gasteiger partial charge < -0.3 is 9.30 Å². The molecule has 0 N–H and O–H groups in total. The minimum absolute atomic E-state index is 0.0195. The zero-order valence-corrected chi connectivity index (χ0v) is 20.4. The van der Waals surface area contributed by atoms with E-state index < -0.39 is 0 Å². The maximum absolute atomic E-state index is 13.8. The van der Waals surface area contributed by atoms with Crippen molar-refractivity contribution in [2.24, 2.45) is 7.05 Å². The second-order valence-electron chi connectivity index (χ2n) is 9.29. The molecule has 8 heteroatoms. The molecular formula is C27H30FN5O2. The Morgan fingerprint density at radius 3 is 2.43 bits per heavy atom.